The summed E-state index contributed by atoms with van der Waals surface area (Å²) in [4.78, 5) is 13.1. The zero-order valence-corrected chi connectivity index (χ0v) is 13.8. The number of amides is 1. The Morgan fingerprint density at radius 2 is 1.55 bits per heavy atom. The van der Waals surface area contributed by atoms with Gasteiger partial charge in [-0.2, -0.15) is 0 Å². The summed E-state index contributed by atoms with van der Waals surface area (Å²) in [5.41, 5.74) is -0.116. The molecule has 0 bridgehead atoms. The fourth-order valence-corrected chi connectivity index (χ4v) is 4.23. The topological polar surface area (TPSA) is 41.1 Å². The van der Waals surface area contributed by atoms with E-state index in [1.807, 2.05) is 0 Å². The lowest BCUT2D eigenvalue weighted by molar-refractivity contribution is -0.146. The molecule has 0 aromatic carbocycles. The average Bonchev–Trinajstić information content (AvgIpc) is 2.38. The third-order valence-corrected chi connectivity index (χ3v) is 5.49. The van der Waals surface area contributed by atoms with Crippen molar-refractivity contribution in [3.63, 3.8) is 0 Å². The first-order valence-electron chi connectivity index (χ1n) is 8.33. The molecule has 1 saturated heterocycles. The highest BCUT2D eigenvalue weighted by molar-refractivity contribution is 5.84. The second-order valence-corrected chi connectivity index (χ2v) is 8.16. The molecule has 3 nitrogen and oxygen atoms in total. The molecular formula is C17H32N2O. The van der Waals surface area contributed by atoms with Crippen molar-refractivity contribution in [3.05, 3.63) is 0 Å². The second kappa shape index (κ2) is 5.67. The fourth-order valence-electron chi connectivity index (χ4n) is 4.23. The van der Waals surface area contributed by atoms with Crippen LogP contribution >= 0.6 is 0 Å². The molecule has 1 amide bonds. The van der Waals surface area contributed by atoms with Crippen LogP contribution in [-0.2, 0) is 4.79 Å². The highest BCUT2D eigenvalue weighted by atomic mass is 16.2. The van der Waals surface area contributed by atoms with Gasteiger partial charge in [0.2, 0.25) is 5.91 Å². The van der Waals surface area contributed by atoms with Crippen LogP contribution in [0.5, 0.6) is 0 Å². The lowest BCUT2D eigenvalue weighted by Gasteiger charge is -2.52. The van der Waals surface area contributed by atoms with Crippen molar-refractivity contribution in [2.24, 2.45) is 10.8 Å². The minimum atomic E-state index is -0.161. The molecule has 2 N–H and O–H groups in total. The number of hydrogen-bond acceptors (Lipinski definition) is 2. The summed E-state index contributed by atoms with van der Waals surface area (Å²) in [6.45, 7) is 10.6. The highest BCUT2D eigenvalue weighted by Gasteiger charge is 2.53. The molecule has 20 heavy (non-hydrogen) atoms. The van der Waals surface area contributed by atoms with E-state index < -0.39 is 0 Å². The van der Waals surface area contributed by atoms with Crippen molar-refractivity contribution in [2.45, 2.75) is 78.2 Å². The number of nitrogens with one attached hydrogen (secondary N) is 2. The van der Waals surface area contributed by atoms with Gasteiger partial charge >= 0.3 is 0 Å². The Labute approximate surface area is 124 Å². The number of rotatable bonds is 2. The molecule has 0 aromatic heterocycles. The Hall–Kier alpha value is -0.570. The summed E-state index contributed by atoms with van der Waals surface area (Å²) in [6.07, 6.45) is 8.32. The number of piperidine rings is 1. The van der Waals surface area contributed by atoms with Crippen LogP contribution < -0.4 is 10.6 Å². The summed E-state index contributed by atoms with van der Waals surface area (Å²) < 4.78 is 0. The summed E-state index contributed by atoms with van der Waals surface area (Å²) in [7, 11) is 0. The second-order valence-electron chi connectivity index (χ2n) is 8.16. The first kappa shape index (κ1) is 15.8. The lowest BCUT2D eigenvalue weighted by atomic mass is 9.54. The van der Waals surface area contributed by atoms with E-state index in [0.717, 1.165) is 25.9 Å². The number of carbonyl (C=O) groups is 1. The molecule has 1 heterocycles. The molecule has 0 aromatic rings. The Morgan fingerprint density at radius 1 is 1.00 bits per heavy atom. The average molecular weight is 280 g/mol. The number of hydrogen-bond donors (Lipinski definition) is 2. The molecule has 2 fully saturated rings. The van der Waals surface area contributed by atoms with E-state index in [4.69, 9.17) is 0 Å². The molecule has 1 saturated carbocycles. The van der Waals surface area contributed by atoms with Gasteiger partial charge < -0.3 is 10.6 Å². The lowest BCUT2D eigenvalue weighted by Crippen LogP contribution is -2.59. The number of carbonyl (C=O) groups excluding carboxylic acids is 1. The van der Waals surface area contributed by atoms with Crippen LogP contribution in [0.4, 0.5) is 0 Å². The van der Waals surface area contributed by atoms with E-state index in [1.54, 1.807) is 0 Å². The third-order valence-electron chi connectivity index (χ3n) is 5.49. The molecule has 0 radical (unpaired) electrons. The largest absolute Gasteiger partial charge is 0.351 e. The summed E-state index contributed by atoms with van der Waals surface area (Å²) in [6, 6.07) is 0. The van der Waals surface area contributed by atoms with E-state index in [0.29, 0.717) is 5.91 Å². The molecule has 0 spiro atoms. The maximum Gasteiger partial charge on any atom is 0.227 e. The van der Waals surface area contributed by atoms with E-state index in [9.17, 15) is 4.79 Å². The van der Waals surface area contributed by atoms with Gasteiger partial charge in [0.1, 0.15) is 0 Å². The maximum absolute atomic E-state index is 13.1. The van der Waals surface area contributed by atoms with Gasteiger partial charge in [-0.25, -0.2) is 0 Å². The van der Waals surface area contributed by atoms with Crippen LogP contribution in [0, 0.1) is 10.8 Å². The van der Waals surface area contributed by atoms with Crippen LogP contribution in [0.15, 0.2) is 0 Å². The smallest absolute Gasteiger partial charge is 0.227 e. The van der Waals surface area contributed by atoms with Crippen LogP contribution in [0.25, 0.3) is 0 Å². The first-order valence-corrected chi connectivity index (χ1v) is 8.33. The first-order chi connectivity index (χ1) is 9.29. The minimum Gasteiger partial charge on any atom is -0.351 e. The van der Waals surface area contributed by atoms with Gasteiger partial charge in [-0.15, -0.1) is 0 Å². The molecule has 1 aliphatic heterocycles. The Balaban J connectivity index is 2.27. The predicted molar refractivity (Wildman–Crippen MR) is 83.6 cm³/mol. The Kier molecular flexibility index (Phi) is 4.48. The van der Waals surface area contributed by atoms with Crippen molar-refractivity contribution in [1.82, 2.24) is 10.6 Å². The van der Waals surface area contributed by atoms with Crippen LogP contribution in [0.1, 0.15) is 72.6 Å². The normalized spacial score (nSPS) is 26.0. The predicted octanol–water partition coefficient (Wildman–Crippen LogP) is 3.24. The highest BCUT2D eigenvalue weighted by Crippen LogP contribution is 2.54. The van der Waals surface area contributed by atoms with Crippen molar-refractivity contribution < 1.29 is 4.79 Å². The monoisotopic (exact) mass is 280 g/mol. The minimum absolute atomic E-state index is 0.139. The van der Waals surface area contributed by atoms with Gasteiger partial charge in [-0.05, 0) is 65.0 Å². The summed E-state index contributed by atoms with van der Waals surface area (Å²) >= 11 is 0. The molecule has 1 aliphatic carbocycles. The van der Waals surface area contributed by atoms with Gasteiger partial charge in [-0.3, -0.25) is 4.79 Å². The van der Waals surface area contributed by atoms with E-state index in [2.05, 4.69) is 38.3 Å². The standard InChI is InChI=1S/C17H32N2O/c1-15(2,3)19-14(20)17(10-12-18-13-11-17)16(4)8-6-5-7-9-16/h18H,5-13H2,1-4H3,(H,19,20). The maximum atomic E-state index is 13.1. The van der Waals surface area contributed by atoms with E-state index >= 15 is 0 Å². The van der Waals surface area contributed by atoms with E-state index in [1.165, 1.54) is 32.1 Å². The third kappa shape index (κ3) is 3.03. The van der Waals surface area contributed by atoms with E-state index in [-0.39, 0.29) is 16.4 Å². The van der Waals surface area contributed by atoms with Gasteiger partial charge in [0, 0.05) is 5.54 Å². The molecule has 3 heteroatoms. The zero-order valence-electron chi connectivity index (χ0n) is 13.8. The molecule has 0 atom stereocenters. The van der Waals surface area contributed by atoms with Crippen LogP contribution in [0.2, 0.25) is 0 Å². The Morgan fingerprint density at radius 3 is 2.05 bits per heavy atom. The Bertz CT molecular complexity index is 344. The van der Waals surface area contributed by atoms with Crippen molar-refractivity contribution >= 4 is 5.91 Å². The molecule has 2 aliphatic rings. The SMILES string of the molecule is CC(C)(C)NC(=O)C1(C2(C)CCCCC2)CCNCC1. The van der Waals surface area contributed by atoms with Gasteiger partial charge in [0.05, 0.1) is 5.41 Å². The quantitative estimate of drug-likeness (QED) is 0.815. The zero-order chi connectivity index (χ0) is 14.9. The summed E-state index contributed by atoms with van der Waals surface area (Å²) in [5, 5.41) is 6.72. The molecule has 0 unspecified atom stereocenters. The molecule has 116 valence electrons. The van der Waals surface area contributed by atoms with Gasteiger partial charge in [-0.1, -0.05) is 26.2 Å². The fraction of sp³-hybridized carbons (Fsp3) is 0.941. The van der Waals surface area contributed by atoms with Crippen molar-refractivity contribution in [3.8, 4) is 0 Å². The van der Waals surface area contributed by atoms with Crippen LogP contribution in [-0.4, -0.2) is 24.5 Å². The van der Waals surface area contributed by atoms with Gasteiger partial charge in [0.15, 0.2) is 0 Å². The van der Waals surface area contributed by atoms with Crippen LogP contribution in [0.3, 0.4) is 0 Å². The van der Waals surface area contributed by atoms with Crippen molar-refractivity contribution in [1.29, 1.82) is 0 Å². The van der Waals surface area contributed by atoms with Gasteiger partial charge in [0.25, 0.3) is 0 Å². The van der Waals surface area contributed by atoms with Crippen molar-refractivity contribution in [2.75, 3.05) is 13.1 Å². The molecular weight excluding hydrogens is 248 g/mol. The summed E-state index contributed by atoms with van der Waals surface area (Å²) in [5.74, 6) is 0.302. The molecule has 2 rings (SSSR count).